The molecule has 1 saturated heterocycles. The molecule has 1 unspecified atom stereocenters. The zero-order valence-electron chi connectivity index (χ0n) is 19.9. The first-order valence-corrected chi connectivity index (χ1v) is 14.6. The average Bonchev–Trinajstić information content (AvgIpc) is 3.19. The van der Waals surface area contributed by atoms with Crippen molar-refractivity contribution in [1.29, 1.82) is 5.26 Å². The van der Waals surface area contributed by atoms with Crippen molar-refractivity contribution in [1.82, 2.24) is 14.5 Å². The highest BCUT2D eigenvalue weighted by atomic mass is 79.9. The van der Waals surface area contributed by atoms with Crippen LogP contribution in [0.4, 0.5) is 11.5 Å². The lowest BCUT2D eigenvalue weighted by atomic mass is 10.2. The molecule has 1 atom stereocenters. The van der Waals surface area contributed by atoms with Gasteiger partial charge in [-0.1, -0.05) is 39.1 Å². The summed E-state index contributed by atoms with van der Waals surface area (Å²) in [4.78, 5) is 13.3. The molecule has 1 aliphatic rings. The van der Waals surface area contributed by atoms with E-state index in [2.05, 4.69) is 37.5 Å². The van der Waals surface area contributed by atoms with Crippen LogP contribution >= 0.6 is 46.6 Å². The van der Waals surface area contributed by atoms with E-state index in [0.717, 1.165) is 4.47 Å². The number of nitriles is 1. The van der Waals surface area contributed by atoms with E-state index in [1.54, 1.807) is 13.0 Å². The number of rotatable bonds is 8. The molecule has 194 valence electrons. The summed E-state index contributed by atoms with van der Waals surface area (Å²) in [7, 11) is -3.59. The van der Waals surface area contributed by atoms with Gasteiger partial charge in [0.05, 0.1) is 48.5 Å². The Morgan fingerprint density at radius 1 is 1.22 bits per heavy atom. The summed E-state index contributed by atoms with van der Waals surface area (Å²) >= 11 is 15.7. The number of hydrogen-bond donors (Lipinski definition) is 2. The molecular weight excluding hydrogens is 602 g/mol. The fourth-order valence-electron chi connectivity index (χ4n) is 4.03. The van der Waals surface area contributed by atoms with Gasteiger partial charge in [0, 0.05) is 28.3 Å². The number of anilines is 2. The lowest BCUT2D eigenvalue weighted by Gasteiger charge is -2.35. The lowest BCUT2D eigenvalue weighted by Crippen LogP contribution is -2.40. The molecule has 0 radical (unpaired) electrons. The van der Waals surface area contributed by atoms with Crippen LogP contribution in [0.15, 0.2) is 46.9 Å². The molecule has 9 nitrogen and oxygen atoms in total. The van der Waals surface area contributed by atoms with Gasteiger partial charge in [-0.3, -0.25) is 9.36 Å². The summed E-state index contributed by atoms with van der Waals surface area (Å²) in [5, 5.41) is 20.8. The van der Waals surface area contributed by atoms with E-state index in [0.29, 0.717) is 48.0 Å². The summed E-state index contributed by atoms with van der Waals surface area (Å²) < 4.78 is 24.8. The number of benzene rings is 2. The maximum Gasteiger partial charge on any atom is 0.272 e. The highest BCUT2D eigenvalue weighted by molar-refractivity contribution is 9.10. The largest absolute Gasteiger partial charge is 0.379 e. The Bertz CT molecular complexity index is 1390. The van der Waals surface area contributed by atoms with Crippen molar-refractivity contribution < 1.29 is 14.1 Å². The van der Waals surface area contributed by atoms with Crippen LogP contribution in [-0.2, 0) is 15.8 Å². The molecule has 0 saturated carbocycles. The van der Waals surface area contributed by atoms with Gasteiger partial charge in [0.15, 0.2) is 0 Å². The van der Waals surface area contributed by atoms with Crippen molar-refractivity contribution >= 4 is 69.3 Å². The third kappa shape index (κ3) is 6.20. The van der Waals surface area contributed by atoms with Crippen molar-refractivity contribution in [2.45, 2.75) is 19.9 Å². The first-order valence-electron chi connectivity index (χ1n) is 11.4. The Labute approximate surface area is 233 Å². The summed E-state index contributed by atoms with van der Waals surface area (Å²) in [5.74, 6) is -0.276. The first-order chi connectivity index (χ1) is 17.7. The third-order valence-corrected chi connectivity index (χ3v) is 9.73. The minimum absolute atomic E-state index is 0.146. The standard InChI is InChI=1S/C24H24BrCl2N6O3P/c1-16-22(37(35,32-11-13-36-14-12-32)31-19-6-3-17(25)4-7-19)23(33(30-16)10-2-9-28)29-24(34)20-8-5-18(26)15-21(20)27/h3-8,15H,2,10-14H2,1H3,(H,29,34)(H,31,35). The van der Waals surface area contributed by atoms with Crippen molar-refractivity contribution in [3.05, 3.63) is 68.2 Å². The molecule has 1 fully saturated rings. The summed E-state index contributed by atoms with van der Waals surface area (Å²) in [6.45, 7) is 3.59. The van der Waals surface area contributed by atoms with Crippen molar-refractivity contribution in [3.8, 4) is 6.07 Å². The molecule has 0 aliphatic carbocycles. The van der Waals surface area contributed by atoms with Crippen LogP contribution in [0.5, 0.6) is 0 Å². The van der Waals surface area contributed by atoms with Crippen molar-refractivity contribution in [2.75, 3.05) is 36.7 Å². The van der Waals surface area contributed by atoms with Crippen molar-refractivity contribution in [2.24, 2.45) is 0 Å². The fraction of sp³-hybridized carbons (Fsp3) is 0.292. The van der Waals surface area contributed by atoms with Gasteiger partial charge in [-0.2, -0.15) is 10.4 Å². The van der Waals surface area contributed by atoms with Gasteiger partial charge >= 0.3 is 0 Å². The van der Waals surface area contributed by atoms with E-state index in [1.165, 1.54) is 16.8 Å². The van der Waals surface area contributed by atoms with Gasteiger partial charge in [-0.25, -0.2) is 9.35 Å². The van der Waals surface area contributed by atoms with Crippen LogP contribution in [0.3, 0.4) is 0 Å². The summed E-state index contributed by atoms with van der Waals surface area (Å²) in [6.07, 6.45) is 0.146. The third-order valence-electron chi connectivity index (χ3n) is 5.75. The van der Waals surface area contributed by atoms with Crippen LogP contribution in [0.2, 0.25) is 10.0 Å². The molecule has 0 spiro atoms. The van der Waals surface area contributed by atoms with Gasteiger partial charge in [-0.05, 0) is 49.4 Å². The Morgan fingerprint density at radius 2 is 1.92 bits per heavy atom. The zero-order chi connectivity index (χ0) is 26.6. The second kappa shape index (κ2) is 12.0. The number of aromatic nitrogens is 2. The van der Waals surface area contributed by atoms with Crippen molar-refractivity contribution in [3.63, 3.8) is 0 Å². The van der Waals surface area contributed by atoms with Crippen LogP contribution in [-0.4, -0.2) is 46.7 Å². The van der Waals surface area contributed by atoms with E-state index >= 15 is 4.57 Å². The highest BCUT2D eigenvalue weighted by Gasteiger charge is 2.40. The maximum absolute atomic E-state index is 15.0. The number of nitrogens with zero attached hydrogens (tertiary/aromatic N) is 4. The lowest BCUT2D eigenvalue weighted by molar-refractivity contribution is 0.0729. The SMILES string of the molecule is Cc1nn(CCC#N)c(NC(=O)c2ccc(Cl)cc2Cl)c1P(=O)(Nc1ccc(Br)cc1)N1CCOCC1. The summed E-state index contributed by atoms with van der Waals surface area (Å²) in [5.41, 5.74) is 1.31. The second-order valence-corrected chi connectivity index (χ2v) is 12.4. The first kappa shape index (κ1) is 27.6. The number of aryl methyl sites for hydroxylation is 2. The van der Waals surface area contributed by atoms with E-state index in [9.17, 15) is 10.1 Å². The van der Waals surface area contributed by atoms with E-state index in [-0.39, 0.29) is 29.4 Å². The highest BCUT2D eigenvalue weighted by Crippen LogP contribution is 2.51. The monoisotopic (exact) mass is 624 g/mol. The molecule has 2 aromatic carbocycles. The quantitative estimate of drug-likeness (QED) is 0.309. The van der Waals surface area contributed by atoms with E-state index < -0.39 is 13.4 Å². The van der Waals surface area contributed by atoms with Gasteiger partial charge in [0.25, 0.3) is 13.4 Å². The number of halogens is 3. The molecule has 1 aromatic heterocycles. The Kier molecular flexibility index (Phi) is 8.96. The van der Waals surface area contributed by atoms with Crippen LogP contribution in [0, 0.1) is 18.3 Å². The predicted octanol–water partition coefficient (Wildman–Crippen LogP) is 5.69. The summed E-state index contributed by atoms with van der Waals surface area (Å²) in [6, 6.07) is 14.0. The Balaban J connectivity index is 1.83. The predicted molar refractivity (Wildman–Crippen MR) is 149 cm³/mol. The molecular formula is C24H24BrCl2N6O3P. The number of nitrogens with one attached hydrogen (secondary N) is 2. The number of morpholine rings is 1. The van der Waals surface area contributed by atoms with Crippen LogP contribution in [0.25, 0.3) is 0 Å². The van der Waals surface area contributed by atoms with Gasteiger partial charge in [0.2, 0.25) is 0 Å². The second-order valence-electron chi connectivity index (χ2n) is 8.25. The molecule has 4 rings (SSSR count). The Hall–Kier alpha value is -2.38. The number of carbonyl (C=O) groups excluding carboxylic acids is 1. The molecule has 13 heteroatoms. The average molecular weight is 626 g/mol. The van der Waals surface area contributed by atoms with Crippen LogP contribution in [0.1, 0.15) is 22.5 Å². The fourth-order valence-corrected chi connectivity index (χ4v) is 7.49. The molecule has 2 N–H and O–H groups in total. The van der Waals surface area contributed by atoms with Gasteiger partial charge in [-0.15, -0.1) is 0 Å². The molecule has 3 aromatic rings. The minimum Gasteiger partial charge on any atom is -0.379 e. The van der Waals surface area contributed by atoms with E-state index in [1.807, 2.05) is 28.9 Å². The number of hydrogen-bond acceptors (Lipinski definition) is 5. The zero-order valence-corrected chi connectivity index (χ0v) is 23.9. The molecule has 37 heavy (non-hydrogen) atoms. The number of carbonyl (C=O) groups is 1. The van der Waals surface area contributed by atoms with Gasteiger partial charge < -0.3 is 15.1 Å². The number of amides is 1. The smallest absolute Gasteiger partial charge is 0.272 e. The maximum atomic E-state index is 15.0. The number of ether oxygens (including phenoxy) is 1. The molecule has 2 heterocycles. The topological polar surface area (TPSA) is 112 Å². The van der Waals surface area contributed by atoms with Crippen LogP contribution < -0.4 is 15.7 Å². The normalized spacial score (nSPS) is 15.5. The minimum atomic E-state index is -3.59. The van der Waals surface area contributed by atoms with E-state index in [4.69, 9.17) is 27.9 Å². The molecule has 1 aliphatic heterocycles. The molecule has 1 amide bonds. The molecule has 0 bridgehead atoms. The van der Waals surface area contributed by atoms with Gasteiger partial charge in [0.1, 0.15) is 11.1 Å². The Morgan fingerprint density at radius 3 is 2.57 bits per heavy atom.